The first kappa shape index (κ1) is 10.0. The predicted octanol–water partition coefficient (Wildman–Crippen LogP) is 0.158. The van der Waals surface area contributed by atoms with Crippen molar-refractivity contribution in [3.63, 3.8) is 0 Å². The lowest BCUT2D eigenvalue weighted by atomic mass is 9.78. The maximum absolute atomic E-state index is 11.1. The fraction of sp³-hybridized carbons (Fsp3) is 0.778. The highest BCUT2D eigenvalue weighted by Crippen LogP contribution is 2.30. The molecule has 1 aliphatic carbocycles. The first-order chi connectivity index (χ1) is 6.16. The zero-order chi connectivity index (χ0) is 9.73. The molecule has 4 nitrogen and oxygen atoms in total. The third-order valence-electron chi connectivity index (χ3n) is 2.50. The van der Waals surface area contributed by atoms with E-state index in [1.54, 1.807) is 0 Å². The van der Waals surface area contributed by atoms with Crippen molar-refractivity contribution in [3.8, 4) is 6.07 Å². The molecule has 1 aliphatic rings. The molecule has 0 atom stereocenters. The number of hydrogen-bond donors (Lipinski definition) is 2. The van der Waals surface area contributed by atoms with E-state index in [0.29, 0.717) is 6.54 Å². The molecule has 1 saturated carbocycles. The molecular formula is C9H15N3O. The van der Waals surface area contributed by atoms with Gasteiger partial charge in [0.25, 0.3) is 0 Å². The van der Waals surface area contributed by atoms with Crippen LogP contribution < -0.4 is 10.6 Å². The molecule has 0 heterocycles. The third kappa shape index (κ3) is 3.03. The lowest BCUT2D eigenvalue weighted by molar-refractivity contribution is -0.120. The minimum absolute atomic E-state index is 0.0945. The summed E-state index contributed by atoms with van der Waals surface area (Å²) in [4.78, 5) is 11.1. The van der Waals surface area contributed by atoms with Crippen LogP contribution >= 0.6 is 0 Å². The van der Waals surface area contributed by atoms with E-state index >= 15 is 0 Å². The van der Waals surface area contributed by atoms with Gasteiger partial charge in [0.15, 0.2) is 0 Å². The van der Waals surface area contributed by atoms with Crippen LogP contribution in [0.1, 0.15) is 26.2 Å². The quantitative estimate of drug-likeness (QED) is 0.607. The molecule has 0 aromatic heterocycles. The second kappa shape index (κ2) is 4.24. The molecule has 13 heavy (non-hydrogen) atoms. The standard InChI is InChI=1S/C9H15N3O/c1-9(3-2-4-9)12-7-8(13)11-6-5-10/h12H,2-4,6-7H2,1H3,(H,11,13). The highest BCUT2D eigenvalue weighted by atomic mass is 16.1. The lowest BCUT2D eigenvalue weighted by Gasteiger charge is -2.39. The van der Waals surface area contributed by atoms with Crippen LogP contribution in [0.3, 0.4) is 0 Å². The monoisotopic (exact) mass is 181 g/mol. The Balaban J connectivity index is 2.11. The van der Waals surface area contributed by atoms with Crippen molar-refractivity contribution >= 4 is 5.91 Å². The van der Waals surface area contributed by atoms with Crippen LogP contribution in [0.5, 0.6) is 0 Å². The normalized spacial score (nSPS) is 18.5. The Morgan fingerprint density at radius 2 is 2.31 bits per heavy atom. The van der Waals surface area contributed by atoms with Crippen LogP contribution in [0.4, 0.5) is 0 Å². The van der Waals surface area contributed by atoms with E-state index in [9.17, 15) is 4.79 Å². The van der Waals surface area contributed by atoms with E-state index in [2.05, 4.69) is 17.6 Å². The van der Waals surface area contributed by atoms with Gasteiger partial charge in [0, 0.05) is 5.54 Å². The molecule has 72 valence electrons. The molecule has 0 aromatic carbocycles. The molecule has 1 amide bonds. The summed E-state index contributed by atoms with van der Waals surface area (Å²) in [5, 5.41) is 13.9. The fourth-order valence-electron chi connectivity index (χ4n) is 1.38. The van der Waals surface area contributed by atoms with Crippen LogP contribution in [0.2, 0.25) is 0 Å². The van der Waals surface area contributed by atoms with Gasteiger partial charge in [-0.3, -0.25) is 4.79 Å². The van der Waals surface area contributed by atoms with Crippen LogP contribution in [-0.4, -0.2) is 24.5 Å². The number of nitrogens with zero attached hydrogens (tertiary/aromatic N) is 1. The molecule has 0 bridgehead atoms. The Bertz CT molecular complexity index is 228. The van der Waals surface area contributed by atoms with Gasteiger partial charge in [-0.05, 0) is 26.2 Å². The first-order valence-electron chi connectivity index (χ1n) is 4.55. The maximum atomic E-state index is 11.1. The van der Waals surface area contributed by atoms with Crippen molar-refractivity contribution in [1.82, 2.24) is 10.6 Å². The van der Waals surface area contributed by atoms with E-state index in [0.717, 1.165) is 12.8 Å². The van der Waals surface area contributed by atoms with E-state index in [1.807, 2.05) is 6.07 Å². The number of carbonyl (C=O) groups is 1. The summed E-state index contributed by atoms with van der Waals surface area (Å²) in [7, 11) is 0. The number of rotatable bonds is 4. The molecule has 0 radical (unpaired) electrons. The summed E-state index contributed by atoms with van der Waals surface area (Å²) < 4.78 is 0. The molecule has 0 unspecified atom stereocenters. The molecule has 1 fully saturated rings. The van der Waals surface area contributed by atoms with Crippen molar-refractivity contribution in [2.24, 2.45) is 0 Å². The molecular weight excluding hydrogens is 166 g/mol. The van der Waals surface area contributed by atoms with Crippen LogP contribution in [-0.2, 0) is 4.79 Å². The zero-order valence-corrected chi connectivity index (χ0v) is 7.89. The summed E-state index contributed by atoms with van der Waals surface area (Å²) in [6.07, 6.45) is 3.51. The Kier molecular flexibility index (Phi) is 3.26. The fourth-order valence-corrected chi connectivity index (χ4v) is 1.38. The molecule has 1 rings (SSSR count). The Morgan fingerprint density at radius 3 is 2.77 bits per heavy atom. The number of nitriles is 1. The highest BCUT2D eigenvalue weighted by Gasteiger charge is 2.31. The molecule has 0 aliphatic heterocycles. The number of nitrogens with one attached hydrogen (secondary N) is 2. The van der Waals surface area contributed by atoms with Gasteiger partial charge in [0.05, 0.1) is 12.6 Å². The van der Waals surface area contributed by atoms with Crippen LogP contribution in [0.25, 0.3) is 0 Å². The second-order valence-electron chi connectivity index (χ2n) is 3.70. The molecule has 0 saturated heterocycles. The summed E-state index contributed by atoms with van der Waals surface area (Å²) in [5.74, 6) is -0.102. The van der Waals surface area contributed by atoms with Crippen LogP contribution in [0.15, 0.2) is 0 Å². The van der Waals surface area contributed by atoms with Crippen molar-refractivity contribution in [3.05, 3.63) is 0 Å². The van der Waals surface area contributed by atoms with E-state index in [1.165, 1.54) is 6.42 Å². The average Bonchev–Trinajstić information content (AvgIpc) is 2.08. The average molecular weight is 181 g/mol. The van der Waals surface area contributed by atoms with Crippen molar-refractivity contribution in [2.75, 3.05) is 13.1 Å². The van der Waals surface area contributed by atoms with Gasteiger partial charge in [0.1, 0.15) is 6.54 Å². The Morgan fingerprint density at radius 1 is 1.62 bits per heavy atom. The van der Waals surface area contributed by atoms with Gasteiger partial charge < -0.3 is 10.6 Å². The largest absolute Gasteiger partial charge is 0.342 e. The molecule has 2 N–H and O–H groups in total. The van der Waals surface area contributed by atoms with Gasteiger partial charge >= 0.3 is 0 Å². The summed E-state index contributed by atoms with van der Waals surface area (Å²) in [5.41, 5.74) is 0.157. The van der Waals surface area contributed by atoms with Crippen molar-refractivity contribution < 1.29 is 4.79 Å². The molecule has 0 aromatic rings. The van der Waals surface area contributed by atoms with Gasteiger partial charge in [-0.15, -0.1) is 0 Å². The summed E-state index contributed by atoms with van der Waals surface area (Å²) in [6, 6.07) is 1.86. The van der Waals surface area contributed by atoms with Crippen molar-refractivity contribution in [2.45, 2.75) is 31.7 Å². The number of hydrogen-bond acceptors (Lipinski definition) is 3. The third-order valence-corrected chi connectivity index (χ3v) is 2.50. The number of amides is 1. The Labute approximate surface area is 78.3 Å². The van der Waals surface area contributed by atoms with Gasteiger partial charge in [-0.2, -0.15) is 5.26 Å². The van der Waals surface area contributed by atoms with E-state index in [4.69, 9.17) is 5.26 Å². The van der Waals surface area contributed by atoms with E-state index < -0.39 is 0 Å². The summed E-state index contributed by atoms with van der Waals surface area (Å²) in [6.45, 7) is 2.53. The second-order valence-corrected chi connectivity index (χ2v) is 3.70. The first-order valence-corrected chi connectivity index (χ1v) is 4.55. The lowest BCUT2D eigenvalue weighted by Crippen LogP contribution is -2.51. The minimum Gasteiger partial charge on any atom is -0.342 e. The highest BCUT2D eigenvalue weighted by molar-refractivity contribution is 5.78. The van der Waals surface area contributed by atoms with Crippen LogP contribution in [0, 0.1) is 11.3 Å². The minimum atomic E-state index is -0.102. The van der Waals surface area contributed by atoms with Gasteiger partial charge in [-0.25, -0.2) is 0 Å². The summed E-state index contributed by atoms with van der Waals surface area (Å²) >= 11 is 0. The SMILES string of the molecule is CC1(NCC(=O)NCC#N)CCC1. The van der Waals surface area contributed by atoms with Crippen molar-refractivity contribution in [1.29, 1.82) is 5.26 Å². The number of carbonyl (C=O) groups excluding carboxylic acids is 1. The smallest absolute Gasteiger partial charge is 0.234 e. The molecule has 0 spiro atoms. The van der Waals surface area contributed by atoms with E-state index in [-0.39, 0.29) is 18.0 Å². The predicted molar refractivity (Wildman–Crippen MR) is 48.9 cm³/mol. The molecule has 4 heteroatoms. The zero-order valence-electron chi connectivity index (χ0n) is 7.89. The van der Waals surface area contributed by atoms with Gasteiger partial charge in [-0.1, -0.05) is 0 Å². The Hall–Kier alpha value is -1.08. The maximum Gasteiger partial charge on any atom is 0.234 e. The topological polar surface area (TPSA) is 64.9 Å². The van der Waals surface area contributed by atoms with Gasteiger partial charge in [0.2, 0.25) is 5.91 Å².